The smallest absolute Gasteiger partial charge is 0.320 e. The Balaban J connectivity index is 2.56. The lowest BCUT2D eigenvalue weighted by molar-refractivity contribution is -0.138. The van der Waals surface area contributed by atoms with E-state index in [1.54, 1.807) is 16.8 Å². The molecule has 0 saturated heterocycles. The van der Waals surface area contributed by atoms with Crippen LogP contribution >= 0.6 is 11.3 Å². The van der Waals surface area contributed by atoms with Gasteiger partial charge in [-0.1, -0.05) is 6.07 Å². The molecule has 1 heterocycles. The Bertz CT molecular complexity index is 534. The molecular formula is C12H9F4NS. The average Bonchev–Trinajstić information content (AvgIpc) is 2.80. The molecule has 0 aliphatic carbocycles. The van der Waals surface area contributed by atoms with Crippen LogP contribution in [-0.2, 0) is 6.18 Å². The second kappa shape index (κ2) is 4.70. The first-order valence-electron chi connectivity index (χ1n) is 5.04. The molecular weight excluding hydrogens is 266 g/mol. The van der Waals surface area contributed by atoms with E-state index in [1.807, 2.05) is 0 Å². The minimum Gasteiger partial charge on any atom is -0.320 e. The Morgan fingerprint density at radius 2 is 1.89 bits per heavy atom. The van der Waals surface area contributed by atoms with Crippen molar-refractivity contribution < 1.29 is 17.6 Å². The highest BCUT2D eigenvalue weighted by atomic mass is 32.1. The largest absolute Gasteiger partial charge is 0.416 e. The molecule has 0 aliphatic rings. The maximum atomic E-state index is 13.6. The van der Waals surface area contributed by atoms with E-state index in [9.17, 15) is 17.6 Å². The summed E-state index contributed by atoms with van der Waals surface area (Å²) in [7, 11) is 0. The maximum Gasteiger partial charge on any atom is 0.416 e. The normalized spacial score (nSPS) is 13.6. The maximum absolute atomic E-state index is 13.6. The quantitative estimate of drug-likeness (QED) is 0.825. The van der Waals surface area contributed by atoms with Crippen LogP contribution in [0.5, 0.6) is 0 Å². The van der Waals surface area contributed by atoms with E-state index < -0.39 is 29.2 Å². The van der Waals surface area contributed by atoms with Crippen LogP contribution in [-0.4, -0.2) is 0 Å². The second-order valence-electron chi connectivity index (χ2n) is 3.73. The Morgan fingerprint density at radius 1 is 1.17 bits per heavy atom. The summed E-state index contributed by atoms with van der Waals surface area (Å²) in [4.78, 5) is 0. The number of hydrogen-bond acceptors (Lipinski definition) is 2. The van der Waals surface area contributed by atoms with Gasteiger partial charge in [-0.2, -0.15) is 24.5 Å². The average molecular weight is 275 g/mol. The highest BCUT2D eigenvalue weighted by Gasteiger charge is 2.36. The van der Waals surface area contributed by atoms with Crippen molar-refractivity contribution in [1.29, 1.82) is 0 Å². The molecule has 0 spiro atoms. The summed E-state index contributed by atoms with van der Waals surface area (Å²) in [6.45, 7) is 0. The number of nitrogens with two attached hydrogens (primary N) is 1. The first kappa shape index (κ1) is 13.0. The van der Waals surface area contributed by atoms with E-state index in [0.717, 1.165) is 18.2 Å². The van der Waals surface area contributed by atoms with E-state index in [0.29, 0.717) is 5.56 Å². The summed E-state index contributed by atoms with van der Waals surface area (Å²) >= 11 is 1.30. The van der Waals surface area contributed by atoms with E-state index in [4.69, 9.17) is 5.73 Å². The molecule has 1 aromatic carbocycles. The van der Waals surface area contributed by atoms with Crippen molar-refractivity contribution in [3.05, 3.63) is 57.5 Å². The minimum absolute atomic E-state index is 0.468. The van der Waals surface area contributed by atoms with Gasteiger partial charge in [0.15, 0.2) is 0 Å². The van der Waals surface area contributed by atoms with Crippen molar-refractivity contribution in [2.24, 2.45) is 5.73 Å². The van der Waals surface area contributed by atoms with Crippen molar-refractivity contribution in [3.63, 3.8) is 0 Å². The fourth-order valence-corrected chi connectivity index (χ4v) is 2.42. The highest BCUT2D eigenvalue weighted by molar-refractivity contribution is 7.08. The number of alkyl halides is 3. The van der Waals surface area contributed by atoms with Gasteiger partial charge >= 0.3 is 6.18 Å². The summed E-state index contributed by atoms with van der Waals surface area (Å²) in [6.07, 6.45) is -4.62. The van der Waals surface area contributed by atoms with Gasteiger partial charge in [0, 0.05) is 5.56 Å². The van der Waals surface area contributed by atoms with E-state index in [1.165, 1.54) is 11.3 Å². The van der Waals surface area contributed by atoms with Gasteiger partial charge < -0.3 is 5.73 Å². The van der Waals surface area contributed by atoms with Gasteiger partial charge in [0.25, 0.3) is 0 Å². The Kier molecular flexibility index (Phi) is 3.41. The molecule has 0 saturated carbocycles. The van der Waals surface area contributed by atoms with Gasteiger partial charge in [0.1, 0.15) is 5.82 Å². The van der Waals surface area contributed by atoms with Gasteiger partial charge in [-0.15, -0.1) is 0 Å². The summed E-state index contributed by atoms with van der Waals surface area (Å²) in [5.41, 5.74) is 4.66. The molecule has 1 nitrogen and oxygen atoms in total. The molecule has 2 rings (SSSR count). The summed E-state index contributed by atoms with van der Waals surface area (Å²) in [6, 6.07) is 3.32. The molecule has 2 aromatic rings. The molecule has 0 aliphatic heterocycles. The molecule has 6 heteroatoms. The van der Waals surface area contributed by atoms with Gasteiger partial charge in [0.2, 0.25) is 0 Å². The van der Waals surface area contributed by atoms with Crippen LogP contribution in [0.15, 0.2) is 35.0 Å². The SMILES string of the molecule is N[C@@H](c1ccsc1)c1c(F)cccc1C(F)(F)F. The van der Waals surface area contributed by atoms with Gasteiger partial charge in [-0.05, 0) is 34.5 Å². The highest BCUT2D eigenvalue weighted by Crippen LogP contribution is 2.37. The zero-order chi connectivity index (χ0) is 13.3. The second-order valence-corrected chi connectivity index (χ2v) is 4.51. The van der Waals surface area contributed by atoms with Crippen LogP contribution < -0.4 is 5.73 Å². The first-order chi connectivity index (χ1) is 8.41. The van der Waals surface area contributed by atoms with E-state index in [-0.39, 0.29) is 0 Å². The molecule has 0 amide bonds. The summed E-state index contributed by atoms with van der Waals surface area (Å²) in [5, 5.41) is 3.29. The molecule has 96 valence electrons. The van der Waals surface area contributed by atoms with Crippen LogP contribution in [0.2, 0.25) is 0 Å². The molecule has 1 atom stereocenters. The molecule has 0 radical (unpaired) electrons. The van der Waals surface area contributed by atoms with Crippen LogP contribution in [0.3, 0.4) is 0 Å². The number of halogens is 4. The Morgan fingerprint density at radius 3 is 2.44 bits per heavy atom. The third kappa shape index (κ3) is 2.39. The molecule has 2 N–H and O–H groups in total. The zero-order valence-electron chi connectivity index (χ0n) is 9.04. The molecule has 0 bridgehead atoms. The lowest BCUT2D eigenvalue weighted by Gasteiger charge is -2.18. The summed E-state index contributed by atoms with van der Waals surface area (Å²) in [5.74, 6) is -0.941. The van der Waals surface area contributed by atoms with Crippen molar-refractivity contribution >= 4 is 11.3 Å². The molecule has 1 aromatic heterocycles. The molecule has 0 unspecified atom stereocenters. The third-order valence-electron chi connectivity index (χ3n) is 2.57. The summed E-state index contributed by atoms with van der Waals surface area (Å²) < 4.78 is 52.1. The number of hydrogen-bond donors (Lipinski definition) is 1. The third-order valence-corrected chi connectivity index (χ3v) is 3.27. The lowest BCUT2D eigenvalue weighted by atomic mass is 9.96. The zero-order valence-corrected chi connectivity index (χ0v) is 9.86. The van der Waals surface area contributed by atoms with Gasteiger partial charge in [-0.3, -0.25) is 0 Å². The standard InChI is InChI=1S/C12H9F4NS/c13-9-3-1-2-8(12(14,15)16)10(9)11(17)7-4-5-18-6-7/h1-6,11H,17H2/t11-/m0/s1. The molecule has 18 heavy (non-hydrogen) atoms. The van der Waals surface area contributed by atoms with Gasteiger partial charge in [-0.25, -0.2) is 4.39 Å². The van der Waals surface area contributed by atoms with E-state index in [2.05, 4.69) is 0 Å². The van der Waals surface area contributed by atoms with Crippen LogP contribution in [0.25, 0.3) is 0 Å². The van der Waals surface area contributed by atoms with Crippen molar-refractivity contribution in [2.45, 2.75) is 12.2 Å². The molecule has 0 fully saturated rings. The predicted octanol–water partition coefficient (Wildman–Crippen LogP) is 3.95. The van der Waals surface area contributed by atoms with Crippen LogP contribution in [0, 0.1) is 5.82 Å². The predicted molar refractivity (Wildman–Crippen MR) is 61.8 cm³/mol. The van der Waals surface area contributed by atoms with Crippen LogP contribution in [0.1, 0.15) is 22.7 Å². The fraction of sp³-hybridized carbons (Fsp3) is 0.167. The Hall–Kier alpha value is -1.40. The van der Waals surface area contributed by atoms with Crippen molar-refractivity contribution in [2.75, 3.05) is 0 Å². The van der Waals surface area contributed by atoms with Gasteiger partial charge in [0.05, 0.1) is 11.6 Å². The minimum atomic E-state index is -4.62. The monoisotopic (exact) mass is 275 g/mol. The number of thiophene rings is 1. The first-order valence-corrected chi connectivity index (χ1v) is 5.99. The van der Waals surface area contributed by atoms with Crippen LogP contribution in [0.4, 0.5) is 17.6 Å². The number of rotatable bonds is 2. The fourth-order valence-electron chi connectivity index (χ4n) is 1.72. The lowest BCUT2D eigenvalue weighted by Crippen LogP contribution is -2.19. The van der Waals surface area contributed by atoms with E-state index >= 15 is 0 Å². The Labute approximate surface area is 105 Å². The number of benzene rings is 1. The van der Waals surface area contributed by atoms with Crippen molar-refractivity contribution in [1.82, 2.24) is 0 Å². The van der Waals surface area contributed by atoms with Crippen molar-refractivity contribution in [3.8, 4) is 0 Å². The topological polar surface area (TPSA) is 26.0 Å².